The normalized spacial score (nSPS) is 15.7. The number of hydrogen-bond acceptors (Lipinski definition) is 2. The van der Waals surface area contributed by atoms with Crippen LogP contribution < -0.4 is 38.0 Å². The van der Waals surface area contributed by atoms with Crippen molar-refractivity contribution in [2.45, 2.75) is 51.8 Å². The van der Waals surface area contributed by atoms with Gasteiger partial charge >= 0.3 is 0 Å². The summed E-state index contributed by atoms with van der Waals surface area (Å²) in [4.78, 5) is 0. The Kier molecular flexibility index (Phi) is 6.74. The first-order chi connectivity index (χ1) is 10.8. The van der Waals surface area contributed by atoms with Gasteiger partial charge in [0, 0.05) is 12.0 Å². The lowest BCUT2D eigenvalue weighted by Gasteiger charge is -2.07. The zero-order valence-corrected chi connectivity index (χ0v) is 16.0. The molecule has 1 aliphatic heterocycles. The largest absolute Gasteiger partial charge is 1.00 e. The number of aryl methyl sites for hydroxylation is 1. The van der Waals surface area contributed by atoms with Gasteiger partial charge in [0.1, 0.15) is 36.5 Å². The maximum Gasteiger partial charge on any atom is 0.243 e. The van der Waals surface area contributed by atoms with Gasteiger partial charge in [0.05, 0.1) is 13.7 Å². The van der Waals surface area contributed by atoms with Gasteiger partial charge in [-0.3, -0.25) is 0 Å². The standard InChI is InChI=1S/C18H25N2O2.HI/c1-3-4-5-8-19-9-10-20(14-19)13-17-12-15-11-16(21-2)6-7-18(15)22-17;/h6-7,9-11,14,17H,3-5,8,12-13H2,1-2H3;1H/q+1;/p-1. The van der Waals surface area contributed by atoms with Gasteiger partial charge in [0.15, 0.2) is 0 Å². The van der Waals surface area contributed by atoms with E-state index < -0.39 is 0 Å². The van der Waals surface area contributed by atoms with E-state index in [1.807, 2.05) is 12.1 Å². The summed E-state index contributed by atoms with van der Waals surface area (Å²) in [6, 6.07) is 6.04. The first-order valence-electron chi connectivity index (χ1n) is 8.17. The Morgan fingerprint density at radius 1 is 1.35 bits per heavy atom. The topological polar surface area (TPSA) is 27.3 Å². The van der Waals surface area contributed by atoms with Crippen LogP contribution in [0.4, 0.5) is 0 Å². The average Bonchev–Trinajstić information content (AvgIpc) is 3.13. The molecule has 0 bridgehead atoms. The summed E-state index contributed by atoms with van der Waals surface area (Å²) in [7, 11) is 1.70. The maximum absolute atomic E-state index is 6.03. The van der Waals surface area contributed by atoms with Crippen LogP contribution in [0.1, 0.15) is 31.7 Å². The molecule has 0 radical (unpaired) electrons. The van der Waals surface area contributed by atoms with Crippen LogP contribution >= 0.6 is 0 Å². The molecule has 0 saturated heterocycles. The number of rotatable bonds is 7. The van der Waals surface area contributed by atoms with Gasteiger partial charge in [-0.25, -0.2) is 9.13 Å². The number of ether oxygens (including phenoxy) is 2. The monoisotopic (exact) mass is 428 g/mol. The van der Waals surface area contributed by atoms with E-state index in [1.165, 1.54) is 24.8 Å². The molecule has 0 aliphatic carbocycles. The fraction of sp³-hybridized carbons (Fsp3) is 0.500. The highest BCUT2D eigenvalue weighted by Gasteiger charge is 2.25. The molecular formula is C18H25IN2O2. The molecule has 1 atom stereocenters. The van der Waals surface area contributed by atoms with Crippen molar-refractivity contribution in [1.82, 2.24) is 4.57 Å². The molecule has 1 unspecified atom stereocenters. The Morgan fingerprint density at radius 2 is 2.22 bits per heavy atom. The van der Waals surface area contributed by atoms with E-state index in [0.717, 1.165) is 31.0 Å². The van der Waals surface area contributed by atoms with E-state index in [2.05, 4.69) is 40.8 Å². The predicted molar refractivity (Wildman–Crippen MR) is 85.3 cm³/mol. The van der Waals surface area contributed by atoms with Crippen LogP contribution in [-0.2, 0) is 19.5 Å². The molecule has 0 N–H and O–H groups in total. The lowest BCUT2D eigenvalue weighted by molar-refractivity contribution is -0.702. The van der Waals surface area contributed by atoms with Crippen molar-refractivity contribution in [1.29, 1.82) is 0 Å². The molecule has 2 heterocycles. The van der Waals surface area contributed by atoms with Gasteiger partial charge in [0.2, 0.25) is 6.33 Å². The quantitative estimate of drug-likeness (QED) is 0.352. The number of hydrogen-bond donors (Lipinski definition) is 0. The first-order valence-corrected chi connectivity index (χ1v) is 8.17. The number of nitrogens with zero attached hydrogens (tertiary/aromatic N) is 2. The first kappa shape index (κ1) is 18.1. The summed E-state index contributed by atoms with van der Waals surface area (Å²) in [5.41, 5.74) is 1.24. The van der Waals surface area contributed by atoms with Crippen LogP contribution in [0.25, 0.3) is 0 Å². The van der Waals surface area contributed by atoms with Crippen LogP contribution in [0.15, 0.2) is 36.9 Å². The third-order valence-corrected chi connectivity index (χ3v) is 4.19. The van der Waals surface area contributed by atoms with Crippen LogP contribution in [0, 0.1) is 0 Å². The molecule has 0 saturated carbocycles. The fourth-order valence-electron chi connectivity index (χ4n) is 2.98. The van der Waals surface area contributed by atoms with Crippen molar-refractivity contribution in [3.63, 3.8) is 0 Å². The number of unbranched alkanes of at least 4 members (excludes halogenated alkanes) is 2. The van der Waals surface area contributed by atoms with Crippen molar-refractivity contribution in [3.05, 3.63) is 42.5 Å². The van der Waals surface area contributed by atoms with E-state index in [-0.39, 0.29) is 30.1 Å². The molecule has 4 nitrogen and oxygen atoms in total. The number of aromatic nitrogens is 2. The molecule has 1 aliphatic rings. The molecule has 126 valence electrons. The second kappa shape index (κ2) is 8.57. The fourth-order valence-corrected chi connectivity index (χ4v) is 2.98. The molecule has 0 spiro atoms. The summed E-state index contributed by atoms with van der Waals surface area (Å²) in [6.45, 7) is 4.22. The Hall–Kier alpha value is -1.24. The van der Waals surface area contributed by atoms with Crippen molar-refractivity contribution >= 4 is 0 Å². The lowest BCUT2D eigenvalue weighted by Crippen LogP contribution is -3.00. The molecule has 0 fully saturated rings. The number of methoxy groups -OCH3 is 1. The van der Waals surface area contributed by atoms with Gasteiger partial charge < -0.3 is 33.5 Å². The van der Waals surface area contributed by atoms with Crippen LogP contribution in [0.3, 0.4) is 0 Å². The Balaban J connectivity index is 0.00000192. The van der Waals surface area contributed by atoms with Gasteiger partial charge in [-0.2, -0.15) is 0 Å². The number of fused-ring (bicyclic) bond motifs is 1. The van der Waals surface area contributed by atoms with Crippen molar-refractivity contribution in [3.8, 4) is 11.5 Å². The predicted octanol–water partition coefficient (Wildman–Crippen LogP) is -0.0179. The Bertz CT molecular complexity index is 627. The van der Waals surface area contributed by atoms with Gasteiger partial charge in [0.25, 0.3) is 0 Å². The molecule has 1 aromatic heterocycles. The summed E-state index contributed by atoms with van der Waals surface area (Å²) in [5.74, 6) is 1.89. The smallest absolute Gasteiger partial charge is 0.243 e. The second-order valence-electron chi connectivity index (χ2n) is 5.97. The zero-order valence-electron chi connectivity index (χ0n) is 13.9. The van der Waals surface area contributed by atoms with Gasteiger partial charge in [-0.1, -0.05) is 13.3 Å². The minimum absolute atomic E-state index is 0. The molecule has 1 aromatic carbocycles. The van der Waals surface area contributed by atoms with Crippen molar-refractivity contribution < 1.29 is 38.0 Å². The third-order valence-electron chi connectivity index (χ3n) is 4.19. The SMILES string of the molecule is CCCCCn1cc[n+](CC2Cc3cc(OC)ccc3O2)c1.[I-]. The average molecular weight is 428 g/mol. The minimum atomic E-state index is 0. The highest BCUT2D eigenvalue weighted by molar-refractivity contribution is 5.43. The maximum atomic E-state index is 6.03. The second-order valence-corrected chi connectivity index (χ2v) is 5.97. The van der Waals surface area contributed by atoms with E-state index >= 15 is 0 Å². The van der Waals surface area contributed by atoms with Gasteiger partial charge in [-0.15, -0.1) is 0 Å². The van der Waals surface area contributed by atoms with E-state index in [1.54, 1.807) is 7.11 Å². The summed E-state index contributed by atoms with van der Waals surface area (Å²) < 4.78 is 15.8. The molecule has 0 amide bonds. The highest BCUT2D eigenvalue weighted by Crippen LogP contribution is 2.31. The summed E-state index contributed by atoms with van der Waals surface area (Å²) in [6.07, 6.45) is 11.4. The van der Waals surface area contributed by atoms with Gasteiger partial charge in [-0.05, 0) is 31.0 Å². The number of halogens is 1. The molecule has 2 aromatic rings. The summed E-state index contributed by atoms with van der Waals surface area (Å²) in [5, 5.41) is 0. The highest BCUT2D eigenvalue weighted by atomic mass is 127. The summed E-state index contributed by atoms with van der Waals surface area (Å²) >= 11 is 0. The van der Waals surface area contributed by atoms with Crippen LogP contribution in [-0.4, -0.2) is 17.8 Å². The molecule has 5 heteroatoms. The van der Waals surface area contributed by atoms with E-state index in [0.29, 0.717) is 0 Å². The van der Waals surface area contributed by atoms with Crippen LogP contribution in [0.5, 0.6) is 11.5 Å². The lowest BCUT2D eigenvalue weighted by atomic mass is 10.1. The molecule has 3 rings (SSSR count). The van der Waals surface area contributed by atoms with E-state index in [4.69, 9.17) is 9.47 Å². The van der Waals surface area contributed by atoms with Crippen molar-refractivity contribution in [2.24, 2.45) is 0 Å². The van der Waals surface area contributed by atoms with Crippen molar-refractivity contribution in [2.75, 3.05) is 7.11 Å². The zero-order chi connectivity index (χ0) is 15.4. The third kappa shape index (κ3) is 4.62. The Labute approximate surface area is 155 Å². The Morgan fingerprint density at radius 3 is 3.00 bits per heavy atom. The number of benzene rings is 1. The molecular weight excluding hydrogens is 403 g/mol. The molecule has 23 heavy (non-hydrogen) atoms. The number of imidazole rings is 1. The minimum Gasteiger partial charge on any atom is -1.00 e. The van der Waals surface area contributed by atoms with Crippen LogP contribution in [0.2, 0.25) is 0 Å². The van der Waals surface area contributed by atoms with E-state index in [9.17, 15) is 0 Å².